The maximum Gasteiger partial charge on any atom is 0.263 e. The van der Waals surface area contributed by atoms with Crippen LogP contribution in [0.1, 0.15) is 43.0 Å². The second-order valence-corrected chi connectivity index (χ2v) is 9.89. The summed E-state index contributed by atoms with van der Waals surface area (Å²) in [5.41, 5.74) is 1.22. The van der Waals surface area contributed by atoms with Gasteiger partial charge in [-0.25, -0.2) is 4.98 Å². The van der Waals surface area contributed by atoms with Crippen molar-refractivity contribution in [3.8, 4) is 0 Å². The molecule has 0 bridgehead atoms. The van der Waals surface area contributed by atoms with Gasteiger partial charge in [0, 0.05) is 24.5 Å². The van der Waals surface area contributed by atoms with E-state index in [2.05, 4.69) is 13.5 Å². The summed E-state index contributed by atoms with van der Waals surface area (Å²) < 4.78 is 1.69. The van der Waals surface area contributed by atoms with Crippen LogP contribution in [0, 0.1) is 5.92 Å². The summed E-state index contributed by atoms with van der Waals surface area (Å²) >= 11 is 3.05. The van der Waals surface area contributed by atoms with E-state index >= 15 is 0 Å². The van der Waals surface area contributed by atoms with Crippen molar-refractivity contribution in [2.75, 3.05) is 18.8 Å². The molecule has 0 aromatic carbocycles. The van der Waals surface area contributed by atoms with Gasteiger partial charge in [-0.3, -0.25) is 14.2 Å². The molecule has 2 aromatic rings. The topological polar surface area (TPSA) is 55.2 Å². The summed E-state index contributed by atoms with van der Waals surface area (Å²) in [7, 11) is 0. The van der Waals surface area contributed by atoms with Crippen LogP contribution in [0.4, 0.5) is 0 Å². The van der Waals surface area contributed by atoms with Gasteiger partial charge in [-0.1, -0.05) is 24.8 Å². The normalized spacial score (nSPS) is 19.6. The lowest BCUT2D eigenvalue weighted by Crippen LogP contribution is -2.37. The third kappa shape index (κ3) is 3.79. The Hall–Kier alpha value is -1.60. The van der Waals surface area contributed by atoms with Gasteiger partial charge in [0.15, 0.2) is 5.16 Å². The van der Waals surface area contributed by atoms with Crippen LogP contribution < -0.4 is 5.56 Å². The molecule has 0 unspecified atom stereocenters. The van der Waals surface area contributed by atoms with Gasteiger partial charge in [0.25, 0.3) is 5.56 Å². The molecule has 0 N–H and O–H groups in total. The van der Waals surface area contributed by atoms with Crippen LogP contribution in [-0.2, 0) is 24.2 Å². The Morgan fingerprint density at radius 2 is 2.14 bits per heavy atom. The molecule has 1 atom stereocenters. The Morgan fingerprint density at radius 1 is 1.36 bits per heavy atom. The van der Waals surface area contributed by atoms with E-state index < -0.39 is 0 Å². The number of allylic oxidation sites excluding steroid dienone is 1. The van der Waals surface area contributed by atoms with Crippen LogP contribution in [0.25, 0.3) is 10.2 Å². The first-order chi connectivity index (χ1) is 13.6. The molecule has 0 saturated carbocycles. The summed E-state index contributed by atoms with van der Waals surface area (Å²) in [6, 6.07) is 0. The number of hydrogen-bond donors (Lipinski definition) is 0. The summed E-state index contributed by atoms with van der Waals surface area (Å²) in [4.78, 5) is 34.7. The van der Waals surface area contributed by atoms with E-state index in [0.717, 1.165) is 55.4 Å². The molecule has 5 nitrogen and oxygen atoms in total. The molecule has 150 valence electrons. The predicted octanol–water partition coefficient (Wildman–Crippen LogP) is 3.87. The Kier molecular flexibility index (Phi) is 5.92. The number of thiophene rings is 1. The molecule has 4 rings (SSSR count). The average Bonchev–Trinajstić information content (AvgIpc) is 3.06. The Morgan fingerprint density at radius 3 is 2.89 bits per heavy atom. The molecule has 2 aliphatic rings. The molecule has 1 fully saturated rings. The number of aryl methyl sites for hydroxylation is 1. The van der Waals surface area contributed by atoms with Crippen LogP contribution in [0.2, 0.25) is 0 Å². The number of carbonyl (C=O) groups is 1. The number of hydrogen-bond acceptors (Lipinski definition) is 5. The van der Waals surface area contributed by atoms with Crippen molar-refractivity contribution in [1.29, 1.82) is 0 Å². The predicted molar refractivity (Wildman–Crippen MR) is 116 cm³/mol. The van der Waals surface area contributed by atoms with Gasteiger partial charge in [-0.05, 0) is 50.0 Å². The second-order valence-electron chi connectivity index (χ2n) is 7.86. The molecule has 1 amide bonds. The summed E-state index contributed by atoms with van der Waals surface area (Å²) in [5.74, 6) is 1.13. The van der Waals surface area contributed by atoms with Gasteiger partial charge in [-0.2, -0.15) is 0 Å². The SMILES string of the molecule is C=CCn1c(SCC(=O)N2CCCCC2)nc2sc3c(c2c1=O)CC[C@@H](C)C3. The molecule has 28 heavy (non-hydrogen) atoms. The van der Waals surface area contributed by atoms with Crippen molar-refractivity contribution in [3.05, 3.63) is 33.4 Å². The van der Waals surface area contributed by atoms with E-state index in [1.807, 2.05) is 4.90 Å². The quantitative estimate of drug-likeness (QED) is 0.421. The van der Waals surface area contributed by atoms with E-state index in [9.17, 15) is 9.59 Å². The smallest absolute Gasteiger partial charge is 0.263 e. The number of nitrogens with zero attached hydrogens (tertiary/aromatic N) is 3. The molecule has 2 aromatic heterocycles. The number of carbonyl (C=O) groups excluding carboxylic acids is 1. The zero-order valence-electron chi connectivity index (χ0n) is 16.4. The zero-order chi connectivity index (χ0) is 19.7. The van der Waals surface area contributed by atoms with Gasteiger partial charge in [-0.15, -0.1) is 17.9 Å². The monoisotopic (exact) mass is 417 g/mol. The van der Waals surface area contributed by atoms with Gasteiger partial charge in [0.05, 0.1) is 11.1 Å². The van der Waals surface area contributed by atoms with E-state index in [4.69, 9.17) is 4.98 Å². The first-order valence-corrected chi connectivity index (χ1v) is 11.9. The lowest BCUT2D eigenvalue weighted by Gasteiger charge is -2.26. The van der Waals surface area contributed by atoms with Crippen molar-refractivity contribution < 1.29 is 4.79 Å². The van der Waals surface area contributed by atoms with Gasteiger partial charge < -0.3 is 4.90 Å². The molecule has 1 saturated heterocycles. The van der Waals surface area contributed by atoms with E-state index in [1.54, 1.807) is 22.0 Å². The lowest BCUT2D eigenvalue weighted by atomic mass is 9.89. The number of fused-ring (bicyclic) bond motifs is 3. The molecule has 3 heterocycles. The third-order valence-electron chi connectivity index (χ3n) is 5.73. The minimum atomic E-state index is 0.0184. The number of amides is 1. The van der Waals surface area contributed by atoms with Crippen LogP contribution in [0.15, 0.2) is 22.6 Å². The highest BCUT2D eigenvalue weighted by Gasteiger charge is 2.25. The highest BCUT2D eigenvalue weighted by molar-refractivity contribution is 7.99. The summed E-state index contributed by atoms with van der Waals surface area (Å²) in [6.45, 7) is 8.19. The van der Waals surface area contributed by atoms with Crippen LogP contribution in [0.3, 0.4) is 0 Å². The van der Waals surface area contributed by atoms with Gasteiger partial charge in [0.1, 0.15) is 4.83 Å². The Bertz CT molecular complexity index is 957. The largest absolute Gasteiger partial charge is 0.342 e. The van der Waals surface area contributed by atoms with Crippen LogP contribution >= 0.6 is 23.1 Å². The maximum absolute atomic E-state index is 13.3. The fourth-order valence-corrected chi connectivity index (χ4v) is 6.50. The number of aromatic nitrogens is 2. The van der Waals surface area contributed by atoms with E-state index in [0.29, 0.717) is 23.4 Å². The Balaban J connectivity index is 1.65. The lowest BCUT2D eigenvalue weighted by molar-refractivity contribution is -0.129. The fourth-order valence-electron chi connectivity index (χ4n) is 4.17. The molecule has 1 aliphatic carbocycles. The van der Waals surface area contributed by atoms with Crippen molar-refractivity contribution in [3.63, 3.8) is 0 Å². The minimum absolute atomic E-state index is 0.0184. The number of thioether (sulfide) groups is 1. The molecule has 0 spiro atoms. The standard InChI is InChI=1S/C21H27N3O2S2/c1-3-9-24-20(26)18-15-8-7-14(2)12-16(15)28-19(18)22-21(24)27-13-17(25)23-10-5-4-6-11-23/h3,14H,1,4-13H2,2H3/t14-/m1/s1. The third-order valence-corrected chi connectivity index (χ3v) is 7.83. The van der Waals surface area contributed by atoms with E-state index in [-0.39, 0.29) is 11.5 Å². The average molecular weight is 418 g/mol. The van der Waals surface area contributed by atoms with Gasteiger partial charge >= 0.3 is 0 Å². The first kappa shape index (κ1) is 19.7. The number of piperidine rings is 1. The second kappa shape index (κ2) is 8.41. The summed E-state index contributed by atoms with van der Waals surface area (Å²) in [5, 5.41) is 1.43. The first-order valence-electron chi connectivity index (χ1n) is 10.1. The highest BCUT2D eigenvalue weighted by Crippen LogP contribution is 2.36. The maximum atomic E-state index is 13.3. The molecular weight excluding hydrogens is 390 g/mol. The van der Waals surface area contributed by atoms with Crippen LogP contribution in [0.5, 0.6) is 0 Å². The fraction of sp³-hybridized carbons (Fsp3) is 0.571. The molecule has 0 radical (unpaired) electrons. The number of rotatable bonds is 5. The Labute approximate surface area is 173 Å². The zero-order valence-corrected chi connectivity index (χ0v) is 18.0. The van der Waals surface area contributed by atoms with Gasteiger partial charge in [0.2, 0.25) is 5.91 Å². The van der Waals surface area contributed by atoms with Crippen LogP contribution in [-0.4, -0.2) is 39.2 Å². The minimum Gasteiger partial charge on any atom is -0.342 e. The van der Waals surface area contributed by atoms with Crippen molar-refractivity contribution >= 4 is 39.2 Å². The van der Waals surface area contributed by atoms with E-state index in [1.165, 1.54) is 28.6 Å². The van der Waals surface area contributed by atoms with Crippen molar-refractivity contribution in [2.24, 2.45) is 5.92 Å². The summed E-state index contributed by atoms with van der Waals surface area (Å²) in [6.07, 6.45) is 8.22. The molecule has 7 heteroatoms. The van der Waals surface area contributed by atoms with Crippen molar-refractivity contribution in [1.82, 2.24) is 14.5 Å². The molecule has 1 aliphatic heterocycles. The highest BCUT2D eigenvalue weighted by atomic mass is 32.2. The number of likely N-dealkylation sites (tertiary alicyclic amines) is 1. The molecular formula is C21H27N3O2S2. The van der Waals surface area contributed by atoms with Crippen molar-refractivity contribution in [2.45, 2.75) is 57.1 Å².